The molecule has 0 nitrogen and oxygen atoms in total. The minimum absolute atomic E-state index is 0.0699. The van der Waals surface area contributed by atoms with Gasteiger partial charge in [0, 0.05) is 5.92 Å². The summed E-state index contributed by atoms with van der Waals surface area (Å²) in [5.74, 6) is 0.0699. The number of fused-ring (bicyclic) bond motifs is 9. The Morgan fingerprint density at radius 2 is 0.605 bits per heavy atom. The van der Waals surface area contributed by atoms with E-state index in [2.05, 4.69) is 334 Å². The average molecular weight is 1030 g/mol. The summed E-state index contributed by atoms with van der Waals surface area (Å²) in [5, 5.41) is 0. The lowest BCUT2D eigenvalue weighted by Crippen LogP contribution is -2.28. The van der Waals surface area contributed by atoms with E-state index in [-0.39, 0.29) is 5.92 Å². The number of allylic oxidation sites excluding steroid dienone is 6. The van der Waals surface area contributed by atoms with Crippen molar-refractivity contribution in [1.82, 2.24) is 0 Å². The molecular formula is C81H58. The highest BCUT2D eigenvalue weighted by molar-refractivity contribution is 6.01. The van der Waals surface area contributed by atoms with Gasteiger partial charge in [-0.05, 0) is 171 Å². The zero-order valence-electron chi connectivity index (χ0n) is 45.0. The maximum absolute atomic E-state index is 2.54. The summed E-state index contributed by atoms with van der Waals surface area (Å²) in [7, 11) is 0. The van der Waals surface area contributed by atoms with E-state index in [1.807, 2.05) is 0 Å². The third-order valence-corrected chi connectivity index (χ3v) is 16.7. The topological polar surface area (TPSA) is 0 Å². The Kier molecular flexibility index (Phi) is 13.1. The second-order valence-electron chi connectivity index (χ2n) is 21.5. The highest BCUT2D eigenvalue weighted by Crippen LogP contribution is 2.64. The van der Waals surface area contributed by atoms with Crippen LogP contribution in [-0.4, -0.2) is 0 Å². The van der Waals surface area contributed by atoms with Crippen LogP contribution in [0.15, 0.2) is 327 Å². The SMILES string of the molecule is C1=CC2=C(CC1=CC(c1ccccc1)c1ccccc1)C1(c3cc(C=C(c4ccccc4)c4ccccc4)ccc32)c2cc(C=C(c3ccccc3)c3ccccc3)ccc2-c2ccc(C=C(c3ccccc3)c3ccccc3)cc21. The van der Waals surface area contributed by atoms with Crippen molar-refractivity contribution in [1.29, 1.82) is 0 Å². The summed E-state index contributed by atoms with van der Waals surface area (Å²) in [6, 6.07) is 109. The van der Waals surface area contributed by atoms with E-state index in [1.165, 1.54) is 111 Å². The molecule has 14 rings (SSSR count). The Hall–Kier alpha value is -10.1. The van der Waals surface area contributed by atoms with E-state index < -0.39 is 5.41 Å². The van der Waals surface area contributed by atoms with Crippen LogP contribution in [-0.2, 0) is 5.41 Å². The Labute approximate surface area is 476 Å². The third kappa shape index (κ3) is 9.31. The van der Waals surface area contributed by atoms with Crippen molar-refractivity contribution in [3.8, 4) is 11.1 Å². The molecule has 11 aromatic rings. The van der Waals surface area contributed by atoms with Crippen LogP contribution in [0.2, 0.25) is 0 Å². The van der Waals surface area contributed by atoms with Gasteiger partial charge in [0.25, 0.3) is 0 Å². The number of hydrogen-bond donors (Lipinski definition) is 0. The van der Waals surface area contributed by atoms with Gasteiger partial charge in [-0.3, -0.25) is 0 Å². The molecule has 0 saturated carbocycles. The fourth-order valence-corrected chi connectivity index (χ4v) is 13.0. The normalized spacial score (nSPS) is 13.8. The van der Waals surface area contributed by atoms with Gasteiger partial charge in [-0.15, -0.1) is 0 Å². The van der Waals surface area contributed by atoms with Crippen molar-refractivity contribution < 1.29 is 0 Å². The second kappa shape index (κ2) is 21.6. The molecule has 1 spiro atoms. The Morgan fingerprint density at radius 3 is 0.938 bits per heavy atom. The molecule has 0 bridgehead atoms. The zero-order chi connectivity index (χ0) is 54.0. The Morgan fingerprint density at radius 1 is 0.309 bits per heavy atom. The van der Waals surface area contributed by atoms with E-state index >= 15 is 0 Å². The van der Waals surface area contributed by atoms with Gasteiger partial charge in [0.05, 0.1) is 5.41 Å². The summed E-state index contributed by atoms with van der Waals surface area (Å²) in [4.78, 5) is 0. The lowest BCUT2D eigenvalue weighted by Gasteiger charge is -2.34. The number of hydrogen-bond acceptors (Lipinski definition) is 0. The molecule has 0 fully saturated rings. The van der Waals surface area contributed by atoms with E-state index in [0.29, 0.717) is 0 Å². The molecular weight excluding hydrogens is 973 g/mol. The maximum Gasteiger partial charge on any atom is 0.0692 e. The van der Waals surface area contributed by atoms with Crippen LogP contribution in [0, 0.1) is 0 Å². The Balaban J connectivity index is 1.04. The lowest BCUT2D eigenvalue weighted by molar-refractivity contribution is 0.738. The van der Waals surface area contributed by atoms with Crippen molar-refractivity contribution in [2.45, 2.75) is 17.8 Å². The highest BCUT2D eigenvalue weighted by atomic mass is 14.5. The maximum atomic E-state index is 2.54. The van der Waals surface area contributed by atoms with Crippen molar-refractivity contribution in [3.63, 3.8) is 0 Å². The highest BCUT2D eigenvalue weighted by Gasteiger charge is 2.53. The molecule has 382 valence electrons. The number of rotatable bonds is 12. The molecule has 0 heterocycles. The first-order valence-corrected chi connectivity index (χ1v) is 28.3. The fraction of sp³-hybridized carbons (Fsp3) is 0.0370. The van der Waals surface area contributed by atoms with Crippen LogP contribution < -0.4 is 0 Å². The van der Waals surface area contributed by atoms with Gasteiger partial charge in [0.2, 0.25) is 0 Å². The standard InChI is InChI=1S/C81H58/c1-9-25-61(26-10-1)73(62-27-11-2-12-28-62)49-57-41-45-69-70-46-42-58(50-74(63-29-13-3-14-30-63)64-31-15-4-16-32-64)54-78(70)81(77(69)53-57)79-55-59(51-75(65-33-17-5-18-34-65)66-35-19-6-20-36-66)43-47-71(79)72-48-44-60(56-80(72)81)52-76(67-37-21-7-22-38-67)68-39-23-8-24-40-68/h1-55,76H,56H2. The number of benzene rings is 11. The van der Waals surface area contributed by atoms with Crippen LogP contribution in [0.1, 0.15) is 95.8 Å². The summed E-state index contributed by atoms with van der Waals surface area (Å²) >= 11 is 0. The van der Waals surface area contributed by atoms with Gasteiger partial charge in [-0.25, -0.2) is 0 Å². The van der Waals surface area contributed by atoms with Gasteiger partial charge in [-0.2, -0.15) is 0 Å². The third-order valence-electron chi connectivity index (χ3n) is 16.7. The zero-order valence-corrected chi connectivity index (χ0v) is 45.0. The van der Waals surface area contributed by atoms with Gasteiger partial charge in [0.1, 0.15) is 0 Å². The van der Waals surface area contributed by atoms with Crippen LogP contribution >= 0.6 is 0 Å². The lowest BCUT2D eigenvalue weighted by atomic mass is 9.67. The van der Waals surface area contributed by atoms with Crippen LogP contribution in [0.5, 0.6) is 0 Å². The molecule has 0 amide bonds. The molecule has 11 aromatic carbocycles. The summed E-state index contributed by atoms with van der Waals surface area (Å²) in [6.07, 6.45) is 15.4. The minimum atomic E-state index is -0.662. The van der Waals surface area contributed by atoms with Crippen molar-refractivity contribution >= 4 is 40.5 Å². The van der Waals surface area contributed by atoms with E-state index in [4.69, 9.17) is 0 Å². The largest absolute Gasteiger partial charge is 0.0692 e. The van der Waals surface area contributed by atoms with Crippen molar-refractivity contribution in [3.05, 3.63) is 410 Å². The quantitative estimate of drug-likeness (QED) is 0.107. The van der Waals surface area contributed by atoms with Crippen molar-refractivity contribution in [2.24, 2.45) is 0 Å². The molecule has 3 aliphatic rings. The molecule has 0 aromatic heterocycles. The predicted molar refractivity (Wildman–Crippen MR) is 341 cm³/mol. The molecule has 0 saturated heterocycles. The summed E-state index contributed by atoms with van der Waals surface area (Å²) in [6.45, 7) is 0. The first-order valence-electron chi connectivity index (χ1n) is 28.3. The van der Waals surface area contributed by atoms with E-state index in [1.54, 1.807) is 0 Å². The molecule has 0 radical (unpaired) electrons. The Bertz CT molecular complexity index is 3970. The van der Waals surface area contributed by atoms with Gasteiger partial charge < -0.3 is 0 Å². The predicted octanol–water partition coefficient (Wildman–Crippen LogP) is 20.3. The van der Waals surface area contributed by atoms with Crippen LogP contribution in [0.4, 0.5) is 0 Å². The molecule has 0 atom stereocenters. The molecule has 0 N–H and O–H groups in total. The first-order chi connectivity index (χ1) is 40.2. The van der Waals surface area contributed by atoms with Gasteiger partial charge in [-0.1, -0.05) is 297 Å². The van der Waals surface area contributed by atoms with Crippen LogP contribution in [0.25, 0.3) is 51.6 Å². The minimum Gasteiger partial charge on any atom is -0.0691 e. The van der Waals surface area contributed by atoms with E-state index in [0.717, 1.165) is 23.1 Å². The van der Waals surface area contributed by atoms with Gasteiger partial charge >= 0.3 is 0 Å². The van der Waals surface area contributed by atoms with Gasteiger partial charge in [0.15, 0.2) is 0 Å². The van der Waals surface area contributed by atoms with Crippen LogP contribution in [0.3, 0.4) is 0 Å². The second-order valence-corrected chi connectivity index (χ2v) is 21.5. The first kappa shape index (κ1) is 49.2. The molecule has 3 aliphatic carbocycles. The van der Waals surface area contributed by atoms with Crippen molar-refractivity contribution in [2.75, 3.05) is 0 Å². The summed E-state index contributed by atoms with van der Waals surface area (Å²) in [5.41, 5.74) is 27.9. The summed E-state index contributed by atoms with van der Waals surface area (Å²) < 4.78 is 0. The molecule has 0 heteroatoms. The molecule has 0 unspecified atom stereocenters. The fourth-order valence-electron chi connectivity index (χ4n) is 13.0. The smallest absolute Gasteiger partial charge is 0.0691 e. The average Bonchev–Trinajstić information content (AvgIpc) is 3.69. The monoisotopic (exact) mass is 1030 g/mol. The van der Waals surface area contributed by atoms with E-state index in [9.17, 15) is 0 Å². The molecule has 0 aliphatic heterocycles. The molecule has 81 heavy (non-hydrogen) atoms.